The number of rotatable bonds is 6. The van der Waals surface area contributed by atoms with E-state index >= 15 is 0 Å². The number of hydrogen-bond acceptors (Lipinski definition) is 2. The fraction of sp³-hybridized carbons (Fsp3) is 1.00. The smallest absolute Gasteiger partial charge is 0.0192 e. The summed E-state index contributed by atoms with van der Waals surface area (Å²) < 4.78 is 0. The largest absolute Gasteiger partial charge is 0.313 e. The fourth-order valence-corrected chi connectivity index (χ4v) is 2.75. The molecule has 1 N–H and O–H groups in total. The molecule has 2 heteroatoms. The molecule has 2 atom stereocenters. The zero-order valence-corrected chi connectivity index (χ0v) is 12.2. The summed E-state index contributed by atoms with van der Waals surface area (Å²) in [6, 6.07) is 1.38. The Balaban J connectivity index is 2.21. The topological polar surface area (TPSA) is 15.3 Å². The Labute approximate surface area is 108 Å². The first-order chi connectivity index (χ1) is 8.24. The molecule has 0 amide bonds. The molecule has 2 unspecified atom stereocenters. The second-order valence-corrected chi connectivity index (χ2v) is 5.75. The summed E-state index contributed by atoms with van der Waals surface area (Å²) in [6.07, 6.45) is 9.70. The van der Waals surface area contributed by atoms with Crippen LogP contribution in [0.25, 0.3) is 0 Å². The molecular formula is C15H32N2. The minimum absolute atomic E-state index is 0.678. The monoisotopic (exact) mass is 240 g/mol. The van der Waals surface area contributed by atoms with Crippen LogP contribution in [0.3, 0.4) is 0 Å². The third-order valence-electron chi connectivity index (χ3n) is 4.00. The predicted octanol–water partition coefficient (Wildman–Crippen LogP) is 3.42. The minimum atomic E-state index is 0.678. The lowest BCUT2D eigenvalue weighted by molar-refractivity contribution is 0.183. The van der Waals surface area contributed by atoms with E-state index in [-0.39, 0.29) is 0 Å². The molecule has 0 saturated carbocycles. The summed E-state index contributed by atoms with van der Waals surface area (Å²) >= 11 is 0. The standard InChI is InChI=1S/C15H32N2/c1-4-10-14(2)16-13-15(3)17-11-8-6-5-7-9-12-17/h14-16H,4-13H2,1-3H3. The van der Waals surface area contributed by atoms with Crippen LogP contribution >= 0.6 is 0 Å². The lowest BCUT2D eigenvalue weighted by atomic mass is 10.1. The van der Waals surface area contributed by atoms with Gasteiger partial charge in [-0.05, 0) is 46.2 Å². The van der Waals surface area contributed by atoms with Gasteiger partial charge in [-0.3, -0.25) is 4.90 Å². The summed E-state index contributed by atoms with van der Waals surface area (Å²) in [7, 11) is 0. The average Bonchev–Trinajstić information content (AvgIpc) is 2.26. The Morgan fingerprint density at radius 1 is 1.00 bits per heavy atom. The molecule has 0 aromatic rings. The van der Waals surface area contributed by atoms with Gasteiger partial charge in [0.05, 0.1) is 0 Å². The molecule has 0 aromatic carbocycles. The van der Waals surface area contributed by atoms with Gasteiger partial charge in [-0.2, -0.15) is 0 Å². The highest BCUT2D eigenvalue weighted by molar-refractivity contribution is 4.73. The van der Waals surface area contributed by atoms with Gasteiger partial charge >= 0.3 is 0 Å². The molecule has 102 valence electrons. The van der Waals surface area contributed by atoms with Gasteiger partial charge in [0.2, 0.25) is 0 Å². The maximum Gasteiger partial charge on any atom is 0.0192 e. The molecule has 0 bridgehead atoms. The SMILES string of the molecule is CCCC(C)NCC(C)N1CCCCCCC1. The van der Waals surface area contributed by atoms with E-state index in [1.54, 1.807) is 0 Å². The summed E-state index contributed by atoms with van der Waals surface area (Å²) in [4.78, 5) is 2.69. The number of nitrogens with zero attached hydrogens (tertiary/aromatic N) is 1. The van der Waals surface area contributed by atoms with Gasteiger partial charge < -0.3 is 5.32 Å². The van der Waals surface area contributed by atoms with Crippen LogP contribution in [0, 0.1) is 0 Å². The first-order valence-electron chi connectivity index (χ1n) is 7.71. The van der Waals surface area contributed by atoms with Gasteiger partial charge in [-0.25, -0.2) is 0 Å². The van der Waals surface area contributed by atoms with E-state index in [9.17, 15) is 0 Å². The van der Waals surface area contributed by atoms with E-state index in [1.165, 1.54) is 58.0 Å². The van der Waals surface area contributed by atoms with Crippen LogP contribution in [-0.4, -0.2) is 36.6 Å². The highest BCUT2D eigenvalue weighted by atomic mass is 15.2. The maximum absolute atomic E-state index is 3.67. The summed E-state index contributed by atoms with van der Waals surface area (Å²) in [5.41, 5.74) is 0. The van der Waals surface area contributed by atoms with Crippen molar-refractivity contribution in [1.82, 2.24) is 10.2 Å². The molecule has 1 aliphatic rings. The maximum atomic E-state index is 3.67. The predicted molar refractivity (Wildman–Crippen MR) is 76.5 cm³/mol. The second kappa shape index (κ2) is 8.93. The zero-order chi connectivity index (χ0) is 12.5. The fourth-order valence-electron chi connectivity index (χ4n) is 2.75. The molecule has 1 rings (SSSR count). The van der Waals surface area contributed by atoms with Gasteiger partial charge in [0.1, 0.15) is 0 Å². The van der Waals surface area contributed by atoms with E-state index in [0.29, 0.717) is 12.1 Å². The van der Waals surface area contributed by atoms with Crippen molar-refractivity contribution in [3.8, 4) is 0 Å². The lowest BCUT2D eigenvalue weighted by Crippen LogP contribution is -2.44. The van der Waals surface area contributed by atoms with Crippen LogP contribution in [0.2, 0.25) is 0 Å². The Bertz CT molecular complexity index is 174. The molecule has 1 saturated heterocycles. The third-order valence-corrected chi connectivity index (χ3v) is 4.00. The Morgan fingerprint density at radius 2 is 1.59 bits per heavy atom. The van der Waals surface area contributed by atoms with Gasteiger partial charge in [-0.1, -0.05) is 32.6 Å². The first-order valence-corrected chi connectivity index (χ1v) is 7.71. The highest BCUT2D eigenvalue weighted by Crippen LogP contribution is 2.12. The number of hydrogen-bond donors (Lipinski definition) is 1. The molecule has 1 aliphatic heterocycles. The van der Waals surface area contributed by atoms with Crippen LogP contribution in [0.15, 0.2) is 0 Å². The molecule has 1 heterocycles. The van der Waals surface area contributed by atoms with Crippen molar-refractivity contribution < 1.29 is 0 Å². The van der Waals surface area contributed by atoms with Gasteiger partial charge in [0, 0.05) is 18.6 Å². The van der Waals surface area contributed by atoms with Crippen molar-refractivity contribution in [2.24, 2.45) is 0 Å². The number of likely N-dealkylation sites (tertiary alicyclic amines) is 1. The van der Waals surface area contributed by atoms with E-state index in [2.05, 4.69) is 31.0 Å². The van der Waals surface area contributed by atoms with Crippen molar-refractivity contribution >= 4 is 0 Å². The normalized spacial score (nSPS) is 22.8. The molecular weight excluding hydrogens is 208 g/mol. The Morgan fingerprint density at radius 3 is 2.18 bits per heavy atom. The molecule has 0 aromatic heterocycles. The number of nitrogens with one attached hydrogen (secondary N) is 1. The minimum Gasteiger partial charge on any atom is -0.313 e. The van der Waals surface area contributed by atoms with Gasteiger partial charge in [0.25, 0.3) is 0 Å². The molecule has 0 aliphatic carbocycles. The van der Waals surface area contributed by atoms with Crippen LogP contribution in [-0.2, 0) is 0 Å². The highest BCUT2D eigenvalue weighted by Gasteiger charge is 2.15. The van der Waals surface area contributed by atoms with Crippen molar-refractivity contribution in [2.75, 3.05) is 19.6 Å². The average molecular weight is 240 g/mol. The molecule has 1 fully saturated rings. The third kappa shape index (κ3) is 6.42. The zero-order valence-electron chi connectivity index (χ0n) is 12.2. The summed E-state index contributed by atoms with van der Waals surface area (Å²) in [5.74, 6) is 0. The van der Waals surface area contributed by atoms with Crippen molar-refractivity contribution in [3.05, 3.63) is 0 Å². The summed E-state index contributed by atoms with van der Waals surface area (Å²) in [5, 5.41) is 3.67. The van der Waals surface area contributed by atoms with Gasteiger partial charge in [0.15, 0.2) is 0 Å². The van der Waals surface area contributed by atoms with E-state index in [4.69, 9.17) is 0 Å². The summed E-state index contributed by atoms with van der Waals surface area (Å²) in [6.45, 7) is 10.7. The Kier molecular flexibility index (Phi) is 7.87. The van der Waals surface area contributed by atoms with Crippen molar-refractivity contribution in [3.63, 3.8) is 0 Å². The molecule has 2 nitrogen and oxygen atoms in total. The second-order valence-electron chi connectivity index (χ2n) is 5.75. The first kappa shape index (κ1) is 15.0. The molecule has 17 heavy (non-hydrogen) atoms. The van der Waals surface area contributed by atoms with Crippen LogP contribution < -0.4 is 5.32 Å². The van der Waals surface area contributed by atoms with E-state index in [1.807, 2.05) is 0 Å². The van der Waals surface area contributed by atoms with Crippen LogP contribution in [0.1, 0.15) is 65.7 Å². The van der Waals surface area contributed by atoms with E-state index in [0.717, 1.165) is 6.54 Å². The quantitative estimate of drug-likeness (QED) is 0.765. The van der Waals surface area contributed by atoms with Crippen molar-refractivity contribution in [1.29, 1.82) is 0 Å². The van der Waals surface area contributed by atoms with Crippen LogP contribution in [0.5, 0.6) is 0 Å². The van der Waals surface area contributed by atoms with Crippen molar-refractivity contribution in [2.45, 2.75) is 77.8 Å². The van der Waals surface area contributed by atoms with Crippen LogP contribution in [0.4, 0.5) is 0 Å². The Hall–Kier alpha value is -0.0800. The van der Waals surface area contributed by atoms with E-state index < -0.39 is 0 Å². The molecule has 0 spiro atoms. The van der Waals surface area contributed by atoms with Gasteiger partial charge in [-0.15, -0.1) is 0 Å². The lowest BCUT2D eigenvalue weighted by Gasteiger charge is -2.31. The molecule has 0 radical (unpaired) electrons.